The molecule has 1 aliphatic rings. The molecular formula is C21H26N2O. The van der Waals surface area contributed by atoms with Crippen LogP contribution in [-0.2, 0) is 11.8 Å². The standard InChI is InChI=1S/C21H26N2O/c1-15-13-17(16-9-11-18(12-10-16)21(2,3)4)7-5-6-8-19-14-20(24)22-23(15)19/h7,9-14H,5-6,8H2,1-4H3,(H,22,24)/b15-13-,17-7+. The second-order valence-corrected chi connectivity index (χ2v) is 7.61. The summed E-state index contributed by atoms with van der Waals surface area (Å²) in [6.45, 7) is 8.74. The van der Waals surface area contributed by atoms with Crippen molar-refractivity contribution in [1.29, 1.82) is 0 Å². The number of fused-ring (bicyclic) bond motifs is 1. The molecule has 1 aliphatic heterocycles. The number of aromatic amines is 1. The van der Waals surface area contributed by atoms with Crippen LogP contribution < -0.4 is 5.56 Å². The van der Waals surface area contributed by atoms with Gasteiger partial charge in [-0.25, -0.2) is 0 Å². The number of nitrogens with one attached hydrogen (secondary N) is 1. The van der Waals surface area contributed by atoms with Crippen molar-refractivity contribution in [3.8, 4) is 0 Å². The van der Waals surface area contributed by atoms with Gasteiger partial charge in [-0.05, 0) is 54.4 Å². The molecule has 0 aliphatic carbocycles. The normalized spacial score (nSPS) is 20.0. The highest BCUT2D eigenvalue weighted by atomic mass is 16.1. The molecule has 0 saturated carbocycles. The monoisotopic (exact) mass is 322 g/mol. The maximum atomic E-state index is 11.7. The molecule has 24 heavy (non-hydrogen) atoms. The van der Waals surface area contributed by atoms with E-state index in [1.54, 1.807) is 6.07 Å². The van der Waals surface area contributed by atoms with E-state index in [-0.39, 0.29) is 11.0 Å². The van der Waals surface area contributed by atoms with Gasteiger partial charge in [0.2, 0.25) is 0 Å². The molecule has 3 heteroatoms. The van der Waals surface area contributed by atoms with Gasteiger partial charge in [-0.3, -0.25) is 14.6 Å². The Hall–Kier alpha value is -2.29. The molecule has 0 saturated heterocycles. The van der Waals surface area contributed by atoms with Gasteiger partial charge >= 0.3 is 0 Å². The molecule has 1 aromatic heterocycles. The lowest BCUT2D eigenvalue weighted by molar-refractivity contribution is 0.590. The summed E-state index contributed by atoms with van der Waals surface area (Å²) in [6.07, 6.45) is 7.44. The summed E-state index contributed by atoms with van der Waals surface area (Å²) in [5, 5.41) is 2.91. The zero-order chi connectivity index (χ0) is 17.3. The first kappa shape index (κ1) is 16.6. The fourth-order valence-corrected chi connectivity index (χ4v) is 3.18. The quantitative estimate of drug-likeness (QED) is 0.808. The summed E-state index contributed by atoms with van der Waals surface area (Å²) in [4.78, 5) is 11.7. The largest absolute Gasteiger partial charge is 0.268 e. The second-order valence-electron chi connectivity index (χ2n) is 7.61. The second kappa shape index (κ2) is 6.31. The van der Waals surface area contributed by atoms with Gasteiger partial charge in [0.15, 0.2) is 0 Å². The van der Waals surface area contributed by atoms with Crippen LogP contribution in [-0.4, -0.2) is 9.78 Å². The van der Waals surface area contributed by atoms with Crippen molar-refractivity contribution in [2.45, 2.75) is 52.4 Å². The van der Waals surface area contributed by atoms with Crippen LogP contribution >= 0.6 is 0 Å². The molecule has 0 bridgehead atoms. The van der Waals surface area contributed by atoms with Crippen LogP contribution in [0, 0.1) is 0 Å². The first-order valence-corrected chi connectivity index (χ1v) is 8.65. The van der Waals surface area contributed by atoms with Gasteiger partial charge in [0.05, 0.1) is 0 Å². The van der Waals surface area contributed by atoms with Crippen molar-refractivity contribution in [3.05, 3.63) is 69.7 Å². The topological polar surface area (TPSA) is 37.8 Å². The third-order valence-corrected chi connectivity index (χ3v) is 4.61. The van der Waals surface area contributed by atoms with Crippen LogP contribution in [0.5, 0.6) is 0 Å². The summed E-state index contributed by atoms with van der Waals surface area (Å²) < 4.78 is 1.92. The SMILES string of the molecule is C/C1=C/C(c2ccc(C(C)(C)C)cc2)=C\CCCc2cc(=O)[nH]n21. The van der Waals surface area contributed by atoms with Crippen molar-refractivity contribution in [1.82, 2.24) is 9.78 Å². The van der Waals surface area contributed by atoms with Crippen molar-refractivity contribution in [2.75, 3.05) is 0 Å². The lowest BCUT2D eigenvalue weighted by Crippen LogP contribution is -2.10. The molecule has 0 amide bonds. The number of aromatic nitrogens is 2. The Morgan fingerprint density at radius 1 is 1.12 bits per heavy atom. The highest BCUT2D eigenvalue weighted by molar-refractivity contribution is 5.79. The summed E-state index contributed by atoms with van der Waals surface area (Å²) in [5.41, 5.74) is 6.02. The molecule has 0 radical (unpaired) electrons. The Morgan fingerprint density at radius 3 is 2.50 bits per heavy atom. The molecule has 1 aromatic carbocycles. The number of hydrogen-bond acceptors (Lipinski definition) is 1. The van der Waals surface area contributed by atoms with E-state index < -0.39 is 0 Å². The average molecular weight is 322 g/mol. The minimum Gasteiger partial charge on any atom is -0.268 e. The first-order chi connectivity index (χ1) is 11.3. The third kappa shape index (κ3) is 3.45. The number of nitrogens with zero attached hydrogens (tertiary/aromatic N) is 1. The fraction of sp³-hybridized carbons (Fsp3) is 0.381. The van der Waals surface area contributed by atoms with E-state index in [4.69, 9.17) is 0 Å². The highest BCUT2D eigenvalue weighted by Crippen LogP contribution is 2.27. The van der Waals surface area contributed by atoms with E-state index in [0.717, 1.165) is 30.7 Å². The lowest BCUT2D eigenvalue weighted by Gasteiger charge is -2.19. The maximum absolute atomic E-state index is 11.7. The summed E-state index contributed by atoms with van der Waals surface area (Å²) in [7, 11) is 0. The predicted octanol–water partition coefficient (Wildman–Crippen LogP) is 4.75. The Bertz CT molecular complexity index is 839. The number of aryl methyl sites for hydroxylation is 1. The van der Waals surface area contributed by atoms with Crippen LogP contribution in [0.4, 0.5) is 0 Å². The molecule has 3 nitrogen and oxygen atoms in total. The molecule has 3 rings (SSSR count). The number of rotatable bonds is 1. The van der Waals surface area contributed by atoms with E-state index in [2.05, 4.69) is 62.3 Å². The van der Waals surface area contributed by atoms with Gasteiger partial charge in [0, 0.05) is 17.5 Å². The Kier molecular flexibility index (Phi) is 4.35. The van der Waals surface area contributed by atoms with Crippen molar-refractivity contribution >= 4 is 11.3 Å². The zero-order valence-corrected chi connectivity index (χ0v) is 15.0. The van der Waals surface area contributed by atoms with Gasteiger partial charge in [-0.2, -0.15) is 0 Å². The zero-order valence-electron chi connectivity index (χ0n) is 15.0. The lowest BCUT2D eigenvalue weighted by atomic mass is 9.86. The third-order valence-electron chi connectivity index (χ3n) is 4.61. The fourth-order valence-electron chi connectivity index (χ4n) is 3.18. The number of H-pyrrole nitrogens is 1. The molecule has 126 valence electrons. The number of hydrogen-bond donors (Lipinski definition) is 1. The molecule has 1 N–H and O–H groups in total. The van der Waals surface area contributed by atoms with Gasteiger partial charge in [0.25, 0.3) is 5.56 Å². The molecule has 2 aromatic rings. The summed E-state index contributed by atoms with van der Waals surface area (Å²) in [6, 6.07) is 10.5. The van der Waals surface area contributed by atoms with E-state index in [1.807, 2.05) is 11.6 Å². The predicted molar refractivity (Wildman–Crippen MR) is 101 cm³/mol. The molecule has 0 fully saturated rings. The van der Waals surface area contributed by atoms with Crippen LogP contribution in [0.25, 0.3) is 11.3 Å². The number of allylic oxidation sites excluding steroid dienone is 4. The highest BCUT2D eigenvalue weighted by Gasteiger charge is 2.14. The van der Waals surface area contributed by atoms with Crippen molar-refractivity contribution in [2.24, 2.45) is 0 Å². The van der Waals surface area contributed by atoms with Gasteiger partial charge < -0.3 is 0 Å². The van der Waals surface area contributed by atoms with Crippen molar-refractivity contribution < 1.29 is 0 Å². The Labute approximate surface area is 143 Å². The molecule has 0 atom stereocenters. The summed E-state index contributed by atoms with van der Waals surface area (Å²) in [5.74, 6) is 0. The minimum absolute atomic E-state index is 0.0293. The van der Waals surface area contributed by atoms with Crippen LogP contribution in [0.15, 0.2) is 47.3 Å². The van der Waals surface area contributed by atoms with E-state index in [0.29, 0.717) is 0 Å². The first-order valence-electron chi connectivity index (χ1n) is 8.65. The van der Waals surface area contributed by atoms with E-state index in [9.17, 15) is 4.79 Å². The van der Waals surface area contributed by atoms with Gasteiger partial charge in [-0.1, -0.05) is 51.1 Å². The minimum atomic E-state index is -0.0293. The van der Waals surface area contributed by atoms with Gasteiger partial charge in [0.1, 0.15) is 0 Å². The average Bonchev–Trinajstić information content (AvgIpc) is 2.91. The molecule has 0 spiro atoms. The maximum Gasteiger partial charge on any atom is 0.264 e. The Balaban J connectivity index is 1.99. The van der Waals surface area contributed by atoms with Crippen LogP contribution in [0.3, 0.4) is 0 Å². The smallest absolute Gasteiger partial charge is 0.264 e. The van der Waals surface area contributed by atoms with Gasteiger partial charge in [-0.15, -0.1) is 0 Å². The molecular weight excluding hydrogens is 296 g/mol. The molecule has 0 unspecified atom stereocenters. The van der Waals surface area contributed by atoms with Crippen molar-refractivity contribution in [3.63, 3.8) is 0 Å². The van der Waals surface area contributed by atoms with Crippen LogP contribution in [0.2, 0.25) is 0 Å². The number of benzene rings is 1. The Morgan fingerprint density at radius 2 is 1.83 bits per heavy atom. The van der Waals surface area contributed by atoms with E-state index in [1.165, 1.54) is 16.7 Å². The van der Waals surface area contributed by atoms with Crippen LogP contribution in [0.1, 0.15) is 57.4 Å². The molecule has 2 heterocycles. The van der Waals surface area contributed by atoms with E-state index >= 15 is 0 Å². The summed E-state index contributed by atoms with van der Waals surface area (Å²) >= 11 is 0.